The van der Waals surface area contributed by atoms with Crippen LogP contribution in [0.1, 0.15) is 35.8 Å². The Bertz CT molecular complexity index is 1290. The van der Waals surface area contributed by atoms with Gasteiger partial charge in [0.1, 0.15) is 11.4 Å². The fraction of sp³-hybridized carbons (Fsp3) is 0.227. The number of aryl methyl sites for hydroxylation is 1. The average molecular weight is 410 g/mol. The van der Waals surface area contributed by atoms with Crippen molar-refractivity contribution in [2.45, 2.75) is 33.4 Å². The van der Waals surface area contributed by atoms with Crippen LogP contribution in [0, 0.1) is 6.92 Å². The van der Waals surface area contributed by atoms with Gasteiger partial charge in [0.15, 0.2) is 5.76 Å². The van der Waals surface area contributed by atoms with Gasteiger partial charge >= 0.3 is 0 Å². The van der Waals surface area contributed by atoms with Crippen LogP contribution >= 0.6 is 11.6 Å². The van der Waals surface area contributed by atoms with Gasteiger partial charge in [-0.3, -0.25) is 9.59 Å². The van der Waals surface area contributed by atoms with Gasteiger partial charge in [0.2, 0.25) is 0 Å². The second kappa shape index (κ2) is 7.37. The van der Waals surface area contributed by atoms with E-state index >= 15 is 0 Å². The highest BCUT2D eigenvalue weighted by Gasteiger charge is 2.26. The smallest absolute Gasteiger partial charge is 0.290 e. The van der Waals surface area contributed by atoms with E-state index in [4.69, 9.17) is 16.0 Å². The summed E-state index contributed by atoms with van der Waals surface area (Å²) in [5.74, 6) is 0.423. The Morgan fingerprint density at radius 3 is 2.72 bits per heavy atom. The van der Waals surface area contributed by atoms with Gasteiger partial charge < -0.3 is 14.3 Å². The number of benzene rings is 2. The van der Waals surface area contributed by atoms with Gasteiger partial charge in [0.05, 0.1) is 17.4 Å². The molecular weight excluding hydrogens is 390 g/mol. The van der Waals surface area contributed by atoms with E-state index in [2.05, 4.69) is 9.97 Å². The maximum Gasteiger partial charge on any atom is 0.290 e. The van der Waals surface area contributed by atoms with Crippen molar-refractivity contribution in [3.63, 3.8) is 0 Å². The Morgan fingerprint density at radius 2 is 1.97 bits per heavy atom. The molecule has 1 N–H and O–H groups in total. The minimum absolute atomic E-state index is 0.129. The SMILES string of the molecule is Cc1c(C(=O)N(Cc2nc3ccccc3c(=O)[nH]2)C(C)C)oc2ccc(Cl)cc12. The first-order chi connectivity index (χ1) is 13.8. The molecule has 29 heavy (non-hydrogen) atoms. The zero-order chi connectivity index (χ0) is 20.7. The van der Waals surface area contributed by atoms with Gasteiger partial charge in [-0.15, -0.1) is 0 Å². The number of para-hydroxylation sites is 1. The van der Waals surface area contributed by atoms with Crippen LogP contribution in [0.15, 0.2) is 51.7 Å². The predicted octanol–water partition coefficient (Wildman–Crippen LogP) is 4.68. The van der Waals surface area contributed by atoms with Crippen LogP contribution in [0.2, 0.25) is 5.02 Å². The Kier molecular flexibility index (Phi) is 4.88. The number of carbonyl (C=O) groups excluding carboxylic acids is 1. The molecule has 4 rings (SSSR count). The molecule has 0 fully saturated rings. The van der Waals surface area contributed by atoms with Crippen molar-refractivity contribution in [1.29, 1.82) is 0 Å². The van der Waals surface area contributed by atoms with E-state index in [9.17, 15) is 9.59 Å². The zero-order valence-corrected chi connectivity index (χ0v) is 17.1. The molecule has 4 aromatic rings. The number of amides is 1. The molecule has 0 radical (unpaired) electrons. The Balaban J connectivity index is 1.72. The molecule has 148 valence electrons. The molecule has 0 atom stereocenters. The van der Waals surface area contributed by atoms with Crippen LogP contribution < -0.4 is 5.56 Å². The normalized spacial score (nSPS) is 11.5. The largest absolute Gasteiger partial charge is 0.451 e. The minimum Gasteiger partial charge on any atom is -0.451 e. The lowest BCUT2D eigenvalue weighted by Crippen LogP contribution is -2.37. The third-order valence-electron chi connectivity index (χ3n) is 4.96. The first-order valence-corrected chi connectivity index (χ1v) is 9.70. The number of hydrogen-bond donors (Lipinski definition) is 1. The predicted molar refractivity (Wildman–Crippen MR) is 113 cm³/mol. The van der Waals surface area contributed by atoms with Crippen LogP contribution in [0.5, 0.6) is 0 Å². The van der Waals surface area contributed by atoms with Crippen LogP contribution in [-0.4, -0.2) is 26.8 Å². The van der Waals surface area contributed by atoms with Crippen molar-refractivity contribution in [2.75, 3.05) is 0 Å². The number of fused-ring (bicyclic) bond motifs is 2. The Hall–Kier alpha value is -3.12. The third-order valence-corrected chi connectivity index (χ3v) is 5.19. The molecule has 0 bridgehead atoms. The molecule has 0 aliphatic heterocycles. The molecule has 0 spiro atoms. The number of nitrogens with one attached hydrogen (secondary N) is 1. The lowest BCUT2D eigenvalue weighted by molar-refractivity contribution is 0.0653. The van der Waals surface area contributed by atoms with Crippen molar-refractivity contribution in [1.82, 2.24) is 14.9 Å². The van der Waals surface area contributed by atoms with E-state index < -0.39 is 0 Å². The van der Waals surface area contributed by atoms with Gasteiger partial charge in [-0.05, 0) is 51.1 Å². The van der Waals surface area contributed by atoms with E-state index in [1.165, 1.54) is 0 Å². The lowest BCUT2D eigenvalue weighted by Gasteiger charge is -2.25. The molecule has 0 aliphatic rings. The van der Waals surface area contributed by atoms with Gasteiger partial charge in [-0.1, -0.05) is 23.7 Å². The summed E-state index contributed by atoms with van der Waals surface area (Å²) in [6.07, 6.45) is 0. The molecule has 0 saturated heterocycles. The second-order valence-corrected chi connectivity index (χ2v) is 7.69. The summed E-state index contributed by atoms with van der Waals surface area (Å²) >= 11 is 6.08. The number of hydrogen-bond acceptors (Lipinski definition) is 4. The number of aromatic amines is 1. The maximum absolute atomic E-state index is 13.3. The molecule has 0 aliphatic carbocycles. The summed E-state index contributed by atoms with van der Waals surface area (Å²) in [6.45, 7) is 5.82. The summed E-state index contributed by atoms with van der Waals surface area (Å²) in [6, 6.07) is 12.3. The molecular formula is C22H20ClN3O3. The third kappa shape index (κ3) is 3.51. The molecule has 0 unspecified atom stereocenters. The van der Waals surface area contributed by atoms with Crippen molar-refractivity contribution in [2.24, 2.45) is 0 Å². The number of nitrogens with zero attached hydrogens (tertiary/aromatic N) is 2. The fourth-order valence-corrected chi connectivity index (χ4v) is 3.56. The Labute approximate surface area is 172 Å². The summed E-state index contributed by atoms with van der Waals surface area (Å²) < 4.78 is 5.84. The summed E-state index contributed by atoms with van der Waals surface area (Å²) in [4.78, 5) is 34.6. The van der Waals surface area contributed by atoms with E-state index in [0.29, 0.717) is 27.3 Å². The van der Waals surface area contributed by atoms with Gasteiger partial charge in [0, 0.05) is 22.0 Å². The second-order valence-electron chi connectivity index (χ2n) is 7.25. The van der Waals surface area contributed by atoms with Crippen LogP contribution in [0.3, 0.4) is 0 Å². The average Bonchev–Trinajstić information content (AvgIpc) is 3.01. The molecule has 2 aromatic carbocycles. The topological polar surface area (TPSA) is 79.2 Å². The quantitative estimate of drug-likeness (QED) is 0.530. The number of furan rings is 1. The molecule has 6 nitrogen and oxygen atoms in total. The van der Waals surface area contributed by atoms with Gasteiger partial charge in [0.25, 0.3) is 11.5 Å². The number of rotatable bonds is 4. The summed E-state index contributed by atoms with van der Waals surface area (Å²) in [5, 5.41) is 1.91. The van der Waals surface area contributed by atoms with Crippen molar-refractivity contribution < 1.29 is 9.21 Å². The summed E-state index contributed by atoms with van der Waals surface area (Å²) in [7, 11) is 0. The highest BCUT2D eigenvalue weighted by Crippen LogP contribution is 2.29. The van der Waals surface area contributed by atoms with E-state index in [1.54, 1.807) is 41.3 Å². The standard InChI is InChI=1S/C22H20ClN3O3/c1-12(2)26(11-19-24-17-7-5-4-6-15(17)21(27)25-19)22(28)20-13(3)16-10-14(23)8-9-18(16)29-20/h4-10,12H,11H2,1-3H3,(H,24,25,27). The molecule has 7 heteroatoms. The van der Waals surface area contributed by atoms with Gasteiger partial charge in [-0.25, -0.2) is 4.98 Å². The van der Waals surface area contributed by atoms with Crippen molar-refractivity contribution in [3.8, 4) is 0 Å². The molecule has 1 amide bonds. The fourth-order valence-electron chi connectivity index (χ4n) is 3.39. The molecule has 2 aromatic heterocycles. The minimum atomic E-state index is -0.263. The van der Waals surface area contributed by atoms with Crippen molar-refractivity contribution in [3.05, 3.63) is 75.0 Å². The number of halogens is 1. The maximum atomic E-state index is 13.3. The van der Waals surface area contributed by atoms with E-state index in [-0.39, 0.29) is 29.8 Å². The van der Waals surface area contributed by atoms with Crippen LogP contribution in [0.4, 0.5) is 0 Å². The molecule has 2 heterocycles. The summed E-state index contributed by atoms with van der Waals surface area (Å²) in [5.41, 5.74) is 1.71. The monoisotopic (exact) mass is 409 g/mol. The van der Waals surface area contributed by atoms with Crippen LogP contribution in [0.25, 0.3) is 21.9 Å². The zero-order valence-electron chi connectivity index (χ0n) is 16.3. The van der Waals surface area contributed by atoms with Crippen molar-refractivity contribution >= 4 is 39.4 Å². The highest BCUT2D eigenvalue weighted by molar-refractivity contribution is 6.31. The first-order valence-electron chi connectivity index (χ1n) is 9.32. The number of H-pyrrole nitrogens is 1. The van der Waals surface area contributed by atoms with Crippen LogP contribution in [-0.2, 0) is 6.54 Å². The van der Waals surface area contributed by atoms with E-state index in [1.807, 2.05) is 26.8 Å². The number of carbonyl (C=O) groups is 1. The number of aromatic nitrogens is 2. The first kappa shape index (κ1) is 19.2. The van der Waals surface area contributed by atoms with Gasteiger partial charge in [-0.2, -0.15) is 0 Å². The highest BCUT2D eigenvalue weighted by atomic mass is 35.5. The Morgan fingerprint density at radius 1 is 1.21 bits per heavy atom. The lowest BCUT2D eigenvalue weighted by atomic mass is 10.1. The molecule has 0 saturated carbocycles. The van der Waals surface area contributed by atoms with E-state index in [0.717, 1.165) is 10.9 Å².